The summed E-state index contributed by atoms with van der Waals surface area (Å²) in [7, 11) is 0. The van der Waals surface area contributed by atoms with Crippen LogP contribution in [0.1, 0.15) is 31.1 Å². The Morgan fingerprint density at radius 2 is 2.17 bits per heavy atom. The van der Waals surface area contributed by atoms with Crippen molar-refractivity contribution < 1.29 is 4.39 Å². The molecule has 1 aromatic heterocycles. The third-order valence-electron chi connectivity index (χ3n) is 2.93. The highest BCUT2D eigenvalue weighted by molar-refractivity contribution is 5.28. The Morgan fingerprint density at radius 1 is 1.33 bits per heavy atom. The van der Waals surface area contributed by atoms with Gasteiger partial charge in [0.15, 0.2) is 0 Å². The molecule has 1 aromatic carbocycles. The van der Waals surface area contributed by atoms with Crippen LogP contribution in [-0.2, 0) is 6.54 Å². The quantitative estimate of drug-likeness (QED) is 0.880. The molecule has 0 aliphatic carbocycles. The molecule has 0 fully saturated rings. The SMILES string of the molecule is CCNC(c1cccc(F)c1)c1ccnn1CC. The molecule has 0 bridgehead atoms. The van der Waals surface area contributed by atoms with Crippen LogP contribution >= 0.6 is 0 Å². The number of benzene rings is 1. The number of nitrogens with zero attached hydrogens (tertiary/aromatic N) is 2. The molecule has 0 spiro atoms. The summed E-state index contributed by atoms with van der Waals surface area (Å²) in [6.45, 7) is 5.71. The van der Waals surface area contributed by atoms with Gasteiger partial charge in [-0.05, 0) is 37.2 Å². The van der Waals surface area contributed by atoms with Gasteiger partial charge < -0.3 is 5.32 Å². The number of hydrogen-bond acceptors (Lipinski definition) is 2. The molecule has 0 saturated heterocycles. The van der Waals surface area contributed by atoms with Crippen LogP contribution in [0.25, 0.3) is 0 Å². The predicted molar refractivity (Wildman–Crippen MR) is 69.8 cm³/mol. The van der Waals surface area contributed by atoms with Gasteiger partial charge >= 0.3 is 0 Å². The van der Waals surface area contributed by atoms with Crippen molar-refractivity contribution in [3.63, 3.8) is 0 Å². The summed E-state index contributed by atoms with van der Waals surface area (Å²) in [6, 6.07) is 8.66. The molecule has 2 aromatic rings. The molecule has 0 amide bonds. The highest BCUT2D eigenvalue weighted by Crippen LogP contribution is 2.22. The summed E-state index contributed by atoms with van der Waals surface area (Å²) in [6.07, 6.45) is 1.78. The van der Waals surface area contributed by atoms with Gasteiger partial charge in [0.25, 0.3) is 0 Å². The number of aromatic nitrogens is 2. The maximum atomic E-state index is 13.3. The Morgan fingerprint density at radius 3 is 2.83 bits per heavy atom. The maximum absolute atomic E-state index is 13.3. The molecule has 3 nitrogen and oxygen atoms in total. The molecule has 96 valence electrons. The van der Waals surface area contributed by atoms with E-state index in [1.165, 1.54) is 6.07 Å². The smallest absolute Gasteiger partial charge is 0.123 e. The summed E-state index contributed by atoms with van der Waals surface area (Å²) in [5.41, 5.74) is 1.98. The van der Waals surface area contributed by atoms with E-state index >= 15 is 0 Å². The minimum atomic E-state index is -0.210. The molecule has 1 heterocycles. The molecular formula is C14H18FN3. The Labute approximate surface area is 107 Å². The average Bonchev–Trinajstić information content (AvgIpc) is 2.84. The molecule has 0 saturated carbocycles. The Hall–Kier alpha value is -1.68. The topological polar surface area (TPSA) is 29.9 Å². The zero-order valence-electron chi connectivity index (χ0n) is 10.7. The van der Waals surface area contributed by atoms with Crippen molar-refractivity contribution in [3.05, 3.63) is 53.6 Å². The lowest BCUT2D eigenvalue weighted by molar-refractivity contribution is 0.538. The fourth-order valence-electron chi connectivity index (χ4n) is 2.14. The second-order valence-corrected chi connectivity index (χ2v) is 4.12. The molecule has 1 N–H and O–H groups in total. The van der Waals surface area contributed by atoms with E-state index in [-0.39, 0.29) is 11.9 Å². The van der Waals surface area contributed by atoms with Crippen molar-refractivity contribution in [3.8, 4) is 0 Å². The number of rotatable bonds is 5. The molecule has 18 heavy (non-hydrogen) atoms. The van der Waals surface area contributed by atoms with Crippen molar-refractivity contribution in [1.82, 2.24) is 15.1 Å². The lowest BCUT2D eigenvalue weighted by atomic mass is 10.0. The van der Waals surface area contributed by atoms with Gasteiger partial charge in [-0.3, -0.25) is 4.68 Å². The van der Waals surface area contributed by atoms with Crippen molar-refractivity contribution in [1.29, 1.82) is 0 Å². The molecule has 0 aliphatic heterocycles. The summed E-state index contributed by atoms with van der Waals surface area (Å²) >= 11 is 0. The standard InChI is InChI=1S/C14H18FN3/c1-3-16-14(11-6-5-7-12(15)10-11)13-8-9-17-18(13)4-2/h5-10,14,16H,3-4H2,1-2H3. The predicted octanol–water partition coefficient (Wildman–Crippen LogP) is 2.74. The highest BCUT2D eigenvalue weighted by atomic mass is 19.1. The number of nitrogens with one attached hydrogen (secondary N) is 1. The summed E-state index contributed by atoms with van der Waals surface area (Å²) in [5.74, 6) is -0.210. The van der Waals surface area contributed by atoms with Crippen LogP contribution in [-0.4, -0.2) is 16.3 Å². The van der Waals surface area contributed by atoms with E-state index in [9.17, 15) is 4.39 Å². The van der Waals surface area contributed by atoms with Crippen LogP contribution in [0, 0.1) is 5.82 Å². The zero-order chi connectivity index (χ0) is 13.0. The van der Waals surface area contributed by atoms with E-state index < -0.39 is 0 Å². The van der Waals surface area contributed by atoms with Crippen LogP contribution in [0.5, 0.6) is 0 Å². The number of aryl methyl sites for hydroxylation is 1. The zero-order valence-corrected chi connectivity index (χ0v) is 10.7. The third kappa shape index (κ3) is 2.59. The normalized spacial score (nSPS) is 12.6. The van der Waals surface area contributed by atoms with Crippen molar-refractivity contribution in [2.45, 2.75) is 26.4 Å². The van der Waals surface area contributed by atoms with Gasteiger partial charge in [0.05, 0.1) is 11.7 Å². The van der Waals surface area contributed by atoms with Crippen molar-refractivity contribution >= 4 is 0 Å². The summed E-state index contributed by atoms with van der Waals surface area (Å²) in [5, 5.41) is 7.64. The number of hydrogen-bond donors (Lipinski definition) is 1. The van der Waals surface area contributed by atoms with Crippen LogP contribution in [0.3, 0.4) is 0 Å². The van der Waals surface area contributed by atoms with E-state index in [0.717, 1.165) is 24.3 Å². The Balaban J connectivity index is 2.39. The van der Waals surface area contributed by atoms with Crippen molar-refractivity contribution in [2.24, 2.45) is 0 Å². The first-order chi connectivity index (χ1) is 8.76. The average molecular weight is 247 g/mol. The Bertz CT molecular complexity index is 507. The first-order valence-corrected chi connectivity index (χ1v) is 6.26. The molecule has 2 rings (SSSR count). The molecule has 0 aliphatic rings. The minimum absolute atomic E-state index is 0.0202. The van der Waals surface area contributed by atoms with Crippen LogP contribution in [0.4, 0.5) is 4.39 Å². The van der Waals surface area contributed by atoms with Gasteiger partial charge in [0.2, 0.25) is 0 Å². The van der Waals surface area contributed by atoms with Gasteiger partial charge in [0.1, 0.15) is 5.82 Å². The third-order valence-corrected chi connectivity index (χ3v) is 2.93. The fourth-order valence-corrected chi connectivity index (χ4v) is 2.14. The Kier molecular flexibility index (Phi) is 4.10. The molecular weight excluding hydrogens is 229 g/mol. The first-order valence-electron chi connectivity index (χ1n) is 6.26. The lowest BCUT2D eigenvalue weighted by Crippen LogP contribution is -2.24. The van der Waals surface area contributed by atoms with E-state index in [0.29, 0.717) is 0 Å². The maximum Gasteiger partial charge on any atom is 0.123 e. The number of halogens is 1. The van der Waals surface area contributed by atoms with E-state index in [2.05, 4.69) is 10.4 Å². The summed E-state index contributed by atoms with van der Waals surface area (Å²) < 4.78 is 15.3. The van der Waals surface area contributed by atoms with Gasteiger partial charge in [-0.2, -0.15) is 5.10 Å². The van der Waals surface area contributed by atoms with Gasteiger partial charge in [-0.25, -0.2) is 4.39 Å². The minimum Gasteiger partial charge on any atom is -0.305 e. The fraction of sp³-hybridized carbons (Fsp3) is 0.357. The molecule has 4 heteroatoms. The van der Waals surface area contributed by atoms with Crippen molar-refractivity contribution in [2.75, 3.05) is 6.54 Å². The van der Waals surface area contributed by atoms with E-state index in [1.807, 2.05) is 30.7 Å². The molecule has 0 radical (unpaired) electrons. The monoisotopic (exact) mass is 247 g/mol. The second kappa shape index (κ2) is 5.78. The summed E-state index contributed by atoms with van der Waals surface area (Å²) in [4.78, 5) is 0. The van der Waals surface area contributed by atoms with E-state index in [1.54, 1.807) is 18.3 Å². The highest BCUT2D eigenvalue weighted by Gasteiger charge is 2.17. The lowest BCUT2D eigenvalue weighted by Gasteiger charge is -2.19. The van der Waals surface area contributed by atoms with Crippen LogP contribution < -0.4 is 5.32 Å². The second-order valence-electron chi connectivity index (χ2n) is 4.12. The van der Waals surface area contributed by atoms with E-state index in [4.69, 9.17) is 0 Å². The van der Waals surface area contributed by atoms with Gasteiger partial charge in [0, 0.05) is 12.7 Å². The largest absolute Gasteiger partial charge is 0.305 e. The van der Waals surface area contributed by atoms with Crippen LogP contribution in [0.15, 0.2) is 36.5 Å². The van der Waals surface area contributed by atoms with Gasteiger partial charge in [-0.1, -0.05) is 19.1 Å². The first kappa shape index (κ1) is 12.8. The molecule has 1 atom stereocenters. The molecule has 1 unspecified atom stereocenters. The van der Waals surface area contributed by atoms with Crippen LogP contribution in [0.2, 0.25) is 0 Å². The van der Waals surface area contributed by atoms with Gasteiger partial charge in [-0.15, -0.1) is 0 Å².